The van der Waals surface area contributed by atoms with E-state index in [1.54, 1.807) is 24.3 Å². The van der Waals surface area contributed by atoms with Gasteiger partial charge in [-0.3, -0.25) is 0 Å². The SMILES string of the molecule is N#Cc1cccc(Nc2ccc(Cl)c(F)c2)n1. The van der Waals surface area contributed by atoms with Crippen molar-refractivity contribution in [2.75, 3.05) is 5.32 Å². The Morgan fingerprint density at radius 2 is 2.12 bits per heavy atom. The Hall–Kier alpha value is -2.12. The number of hydrogen-bond donors (Lipinski definition) is 1. The van der Waals surface area contributed by atoms with Gasteiger partial charge in [-0.1, -0.05) is 17.7 Å². The Bertz CT molecular complexity index is 593. The second-order valence-corrected chi connectivity index (χ2v) is 3.68. The Balaban J connectivity index is 2.25. The molecule has 0 radical (unpaired) electrons. The second kappa shape index (κ2) is 4.81. The van der Waals surface area contributed by atoms with Crippen molar-refractivity contribution in [2.24, 2.45) is 0 Å². The Kier molecular flexibility index (Phi) is 3.22. The summed E-state index contributed by atoms with van der Waals surface area (Å²) in [6.07, 6.45) is 0. The molecule has 0 spiro atoms. The van der Waals surface area contributed by atoms with E-state index >= 15 is 0 Å². The number of aromatic nitrogens is 1. The average molecular weight is 248 g/mol. The molecule has 1 aromatic carbocycles. The molecule has 1 heterocycles. The van der Waals surface area contributed by atoms with Gasteiger partial charge in [-0.25, -0.2) is 9.37 Å². The first-order valence-corrected chi connectivity index (χ1v) is 5.16. The fraction of sp³-hybridized carbons (Fsp3) is 0. The van der Waals surface area contributed by atoms with Gasteiger partial charge in [-0.2, -0.15) is 5.26 Å². The fourth-order valence-corrected chi connectivity index (χ4v) is 1.41. The summed E-state index contributed by atoms with van der Waals surface area (Å²) in [4.78, 5) is 4.01. The minimum absolute atomic E-state index is 0.0642. The number of nitrogens with zero attached hydrogens (tertiary/aromatic N) is 2. The summed E-state index contributed by atoms with van der Waals surface area (Å²) in [7, 11) is 0. The lowest BCUT2D eigenvalue weighted by Gasteiger charge is -2.06. The molecule has 3 nitrogen and oxygen atoms in total. The maximum absolute atomic E-state index is 13.2. The molecule has 0 fully saturated rings. The van der Waals surface area contributed by atoms with Crippen LogP contribution in [0, 0.1) is 17.1 Å². The second-order valence-electron chi connectivity index (χ2n) is 3.27. The number of benzene rings is 1. The third-order valence-electron chi connectivity index (χ3n) is 2.06. The fourth-order valence-electron chi connectivity index (χ4n) is 1.29. The van der Waals surface area contributed by atoms with Gasteiger partial charge in [0.05, 0.1) is 5.02 Å². The zero-order valence-electron chi connectivity index (χ0n) is 8.61. The first kappa shape index (κ1) is 11.4. The molecule has 0 aliphatic heterocycles. The molecular weight excluding hydrogens is 241 g/mol. The molecular formula is C12H7ClFN3. The molecule has 0 aliphatic carbocycles. The number of halogens is 2. The maximum atomic E-state index is 13.2. The zero-order valence-corrected chi connectivity index (χ0v) is 9.37. The topological polar surface area (TPSA) is 48.7 Å². The van der Waals surface area contributed by atoms with Crippen molar-refractivity contribution in [3.63, 3.8) is 0 Å². The van der Waals surface area contributed by atoms with Crippen LogP contribution in [0.25, 0.3) is 0 Å². The zero-order chi connectivity index (χ0) is 12.3. The highest BCUT2D eigenvalue weighted by Gasteiger charge is 2.02. The first-order valence-electron chi connectivity index (χ1n) is 4.78. The van der Waals surface area contributed by atoms with Crippen LogP contribution in [0.2, 0.25) is 5.02 Å². The predicted octanol–water partition coefficient (Wildman–Crippen LogP) is 3.49. The molecule has 2 aromatic rings. The lowest BCUT2D eigenvalue weighted by Crippen LogP contribution is -1.95. The molecule has 0 saturated carbocycles. The molecule has 17 heavy (non-hydrogen) atoms. The van der Waals surface area contributed by atoms with Crippen molar-refractivity contribution in [3.05, 3.63) is 52.9 Å². The van der Waals surface area contributed by atoms with E-state index in [0.29, 0.717) is 17.2 Å². The van der Waals surface area contributed by atoms with Crippen LogP contribution in [0.3, 0.4) is 0 Å². The molecule has 1 aromatic heterocycles. The van der Waals surface area contributed by atoms with Gasteiger partial charge in [0.15, 0.2) is 0 Å². The third kappa shape index (κ3) is 2.71. The van der Waals surface area contributed by atoms with Crippen LogP contribution in [0.4, 0.5) is 15.9 Å². The highest BCUT2D eigenvalue weighted by atomic mass is 35.5. The molecule has 0 saturated heterocycles. The van der Waals surface area contributed by atoms with E-state index in [0.717, 1.165) is 0 Å². The van der Waals surface area contributed by atoms with Crippen molar-refractivity contribution in [1.82, 2.24) is 4.98 Å². The van der Waals surface area contributed by atoms with Crippen LogP contribution in [0.5, 0.6) is 0 Å². The smallest absolute Gasteiger partial charge is 0.143 e. The highest BCUT2D eigenvalue weighted by Crippen LogP contribution is 2.21. The van der Waals surface area contributed by atoms with Gasteiger partial charge in [0.25, 0.3) is 0 Å². The van der Waals surface area contributed by atoms with Gasteiger partial charge in [0, 0.05) is 5.69 Å². The summed E-state index contributed by atoms with van der Waals surface area (Å²) in [6.45, 7) is 0. The summed E-state index contributed by atoms with van der Waals surface area (Å²) in [5.74, 6) is -0.0288. The Morgan fingerprint density at radius 3 is 2.82 bits per heavy atom. The number of nitrogens with one attached hydrogen (secondary N) is 1. The van der Waals surface area contributed by atoms with Gasteiger partial charge < -0.3 is 5.32 Å². The van der Waals surface area contributed by atoms with Crippen LogP contribution in [-0.2, 0) is 0 Å². The van der Waals surface area contributed by atoms with E-state index in [1.165, 1.54) is 12.1 Å². The van der Waals surface area contributed by atoms with Gasteiger partial charge in [-0.05, 0) is 30.3 Å². The quantitative estimate of drug-likeness (QED) is 0.884. The molecule has 0 aliphatic rings. The lowest BCUT2D eigenvalue weighted by molar-refractivity contribution is 0.629. The Labute approximate surface area is 102 Å². The largest absolute Gasteiger partial charge is 0.340 e. The minimum Gasteiger partial charge on any atom is -0.340 e. The van der Waals surface area contributed by atoms with Gasteiger partial charge in [-0.15, -0.1) is 0 Å². The number of anilines is 2. The van der Waals surface area contributed by atoms with Gasteiger partial charge in [0.2, 0.25) is 0 Å². The molecule has 2 rings (SSSR count). The van der Waals surface area contributed by atoms with Crippen LogP contribution in [0.15, 0.2) is 36.4 Å². The highest BCUT2D eigenvalue weighted by molar-refractivity contribution is 6.30. The lowest BCUT2D eigenvalue weighted by atomic mass is 10.3. The monoisotopic (exact) mass is 247 g/mol. The maximum Gasteiger partial charge on any atom is 0.143 e. The predicted molar refractivity (Wildman–Crippen MR) is 63.6 cm³/mol. The van der Waals surface area contributed by atoms with Crippen molar-refractivity contribution in [2.45, 2.75) is 0 Å². The summed E-state index contributed by atoms with van der Waals surface area (Å²) >= 11 is 5.57. The molecule has 0 amide bonds. The minimum atomic E-state index is -0.506. The number of hydrogen-bond acceptors (Lipinski definition) is 3. The normalized spacial score (nSPS) is 9.71. The molecule has 0 unspecified atom stereocenters. The standard InChI is InChI=1S/C12H7ClFN3/c13-10-5-4-8(6-11(10)14)16-12-3-1-2-9(7-15)17-12/h1-6H,(H,16,17). The van der Waals surface area contributed by atoms with Crippen LogP contribution < -0.4 is 5.32 Å². The van der Waals surface area contributed by atoms with Crippen LogP contribution in [-0.4, -0.2) is 4.98 Å². The molecule has 5 heteroatoms. The average Bonchev–Trinajstić information content (AvgIpc) is 2.34. The van der Waals surface area contributed by atoms with E-state index in [2.05, 4.69) is 10.3 Å². The number of pyridine rings is 1. The van der Waals surface area contributed by atoms with E-state index in [4.69, 9.17) is 16.9 Å². The van der Waals surface area contributed by atoms with Crippen molar-refractivity contribution < 1.29 is 4.39 Å². The molecule has 1 N–H and O–H groups in total. The molecule has 0 bridgehead atoms. The van der Waals surface area contributed by atoms with Gasteiger partial charge >= 0.3 is 0 Å². The van der Waals surface area contributed by atoms with E-state index < -0.39 is 5.82 Å². The summed E-state index contributed by atoms with van der Waals surface area (Å²) < 4.78 is 13.2. The summed E-state index contributed by atoms with van der Waals surface area (Å²) in [6, 6.07) is 11.3. The van der Waals surface area contributed by atoms with Crippen molar-refractivity contribution >= 4 is 23.1 Å². The number of rotatable bonds is 2. The first-order chi connectivity index (χ1) is 8.19. The Morgan fingerprint density at radius 1 is 1.29 bits per heavy atom. The third-order valence-corrected chi connectivity index (χ3v) is 2.36. The van der Waals surface area contributed by atoms with Crippen molar-refractivity contribution in [1.29, 1.82) is 5.26 Å². The van der Waals surface area contributed by atoms with Crippen molar-refractivity contribution in [3.8, 4) is 6.07 Å². The van der Waals surface area contributed by atoms with E-state index in [1.807, 2.05) is 6.07 Å². The molecule has 84 valence electrons. The van der Waals surface area contributed by atoms with Crippen LogP contribution >= 0.6 is 11.6 Å². The summed E-state index contributed by atoms with van der Waals surface area (Å²) in [5, 5.41) is 11.6. The van der Waals surface area contributed by atoms with Gasteiger partial charge in [0.1, 0.15) is 23.4 Å². The van der Waals surface area contributed by atoms with Crippen LogP contribution in [0.1, 0.15) is 5.69 Å². The molecule has 0 atom stereocenters. The summed E-state index contributed by atoms with van der Waals surface area (Å²) in [5.41, 5.74) is 0.818. The van der Waals surface area contributed by atoms with E-state index in [9.17, 15) is 4.39 Å². The number of nitriles is 1. The van der Waals surface area contributed by atoms with E-state index in [-0.39, 0.29) is 5.02 Å².